The lowest BCUT2D eigenvalue weighted by molar-refractivity contribution is -0.118. The molecular weight excluding hydrogens is 186 g/mol. The second kappa shape index (κ2) is 6.26. The van der Waals surface area contributed by atoms with E-state index in [1.807, 2.05) is 0 Å². The monoisotopic (exact) mass is 211 g/mol. The van der Waals surface area contributed by atoms with Crippen LogP contribution in [0.2, 0.25) is 0 Å². The highest BCUT2D eigenvalue weighted by molar-refractivity contribution is 5.76. The van der Waals surface area contributed by atoms with Gasteiger partial charge in [-0.15, -0.1) is 0 Å². The summed E-state index contributed by atoms with van der Waals surface area (Å²) in [5, 5.41) is 0. The molecule has 1 unspecified atom stereocenters. The standard InChI is InChI=1S/C13H25NO/c1-11(10-12(2)15)14(3)13-8-6-4-5-7-9-13/h11,13H,4-10H2,1-3H3. The van der Waals surface area contributed by atoms with E-state index in [1.54, 1.807) is 6.92 Å². The van der Waals surface area contributed by atoms with Crippen LogP contribution in [0, 0.1) is 0 Å². The lowest BCUT2D eigenvalue weighted by Gasteiger charge is -2.32. The van der Waals surface area contributed by atoms with Gasteiger partial charge in [-0.05, 0) is 33.7 Å². The molecule has 1 atom stereocenters. The maximum Gasteiger partial charge on any atom is 0.131 e. The zero-order valence-electron chi connectivity index (χ0n) is 10.5. The highest BCUT2D eigenvalue weighted by Crippen LogP contribution is 2.22. The van der Waals surface area contributed by atoms with Gasteiger partial charge < -0.3 is 4.90 Å². The summed E-state index contributed by atoms with van der Waals surface area (Å²) in [6.45, 7) is 3.86. The van der Waals surface area contributed by atoms with E-state index in [0.29, 0.717) is 24.3 Å². The molecule has 0 amide bonds. The first-order valence-electron chi connectivity index (χ1n) is 6.32. The first-order valence-corrected chi connectivity index (χ1v) is 6.32. The third kappa shape index (κ3) is 4.33. The number of carbonyl (C=O) groups excluding carboxylic acids is 1. The van der Waals surface area contributed by atoms with Crippen molar-refractivity contribution in [1.82, 2.24) is 4.90 Å². The molecule has 15 heavy (non-hydrogen) atoms. The SMILES string of the molecule is CC(=O)CC(C)N(C)C1CCCCCC1. The molecule has 1 aliphatic rings. The molecule has 0 spiro atoms. The van der Waals surface area contributed by atoms with E-state index in [9.17, 15) is 4.79 Å². The van der Waals surface area contributed by atoms with Gasteiger partial charge in [0.05, 0.1) is 0 Å². The van der Waals surface area contributed by atoms with Crippen LogP contribution in [0.1, 0.15) is 58.8 Å². The first kappa shape index (κ1) is 12.7. The van der Waals surface area contributed by atoms with Gasteiger partial charge in [-0.3, -0.25) is 4.79 Å². The maximum atomic E-state index is 11.1. The normalized spacial score (nSPS) is 21.3. The van der Waals surface area contributed by atoms with Crippen molar-refractivity contribution in [2.45, 2.75) is 70.9 Å². The van der Waals surface area contributed by atoms with Gasteiger partial charge in [-0.1, -0.05) is 25.7 Å². The van der Waals surface area contributed by atoms with Crippen LogP contribution in [0.15, 0.2) is 0 Å². The van der Waals surface area contributed by atoms with Gasteiger partial charge in [0.1, 0.15) is 5.78 Å². The number of hydrogen-bond acceptors (Lipinski definition) is 2. The Morgan fingerprint density at radius 2 is 1.80 bits per heavy atom. The minimum atomic E-state index is 0.308. The molecule has 0 aromatic rings. The molecule has 1 rings (SSSR count). The third-order valence-electron chi connectivity index (χ3n) is 3.68. The molecule has 0 aliphatic heterocycles. The molecule has 2 nitrogen and oxygen atoms in total. The molecule has 0 aromatic carbocycles. The van der Waals surface area contributed by atoms with E-state index in [-0.39, 0.29) is 0 Å². The number of carbonyl (C=O) groups is 1. The Labute approximate surface area is 94.0 Å². The quantitative estimate of drug-likeness (QED) is 0.666. The molecule has 2 heteroatoms. The highest BCUT2D eigenvalue weighted by Gasteiger charge is 2.21. The largest absolute Gasteiger partial charge is 0.300 e. The van der Waals surface area contributed by atoms with Crippen molar-refractivity contribution in [3.63, 3.8) is 0 Å². The van der Waals surface area contributed by atoms with E-state index < -0.39 is 0 Å². The van der Waals surface area contributed by atoms with Crippen molar-refractivity contribution in [3.8, 4) is 0 Å². The Morgan fingerprint density at radius 3 is 2.27 bits per heavy atom. The predicted molar refractivity (Wildman–Crippen MR) is 64.0 cm³/mol. The number of ketones is 1. The second-order valence-electron chi connectivity index (χ2n) is 5.07. The first-order chi connectivity index (χ1) is 7.11. The Hall–Kier alpha value is -0.370. The van der Waals surface area contributed by atoms with Gasteiger partial charge >= 0.3 is 0 Å². The van der Waals surface area contributed by atoms with Crippen LogP contribution in [0.3, 0.4) is 0 Å². The minimum Gasteiger partial charge on any atom is -0.300 e. The lowest BCUT2D eigenvalue weighted by atomic mass is 10.0. The third-order valence-corrected chi connectivity index (χ3v) is 3.68. The summed E-state index contributed by atoms with van der Waals surface area (Å²) in [5.74, 6) is 0.308. The van der Waals surface area contributed by atoms with Crippen LogP contribution in [0.5, 0.6) is 0 Å². The van der Waals surface area contributed by atoms with Crippen molar-refractivity contribution < 1.29 is 4.79 Å². The Bertz CT molecular complexity index is 195. The number of Topliss-reactive ketones (excluding diaryl/α,β-unsaturated/α-hetero) is 1. The summed E-state index contributed by atoms with van der Waals surface area (Å²) >= 11 is 0. The zero-order chi connectivity index (χ0) is 11.3. The van der Waals surface area contributed by atoms with Crippen molar-refractivity contribution >= 4 is 5.78 Å². The van der Waals surface area contributed by atoms with Gasteiger partial charge in [-0.2, -0.15) is 0 Å². The lowest BCUT2D eigenvalue weighted by Crippen LogP contribution is -2.39. The summed E-state index contributed by atoms with van der Waals surface area (Å²) in [5.41, 5.74) is 0. The fourth-order valence-corrected chi connectivity index (χ4v) is 2.58. The highest BCUT2D eigenvalue weighted by atomic mass is 16.1. The van der Waals surface area contributed by atoms with E-state index in [2.05, 4.69) is 18.9 Å². The fourth-order valence-electron chi connectivity index (χ4n) is 2.58. The predicted octanol–water partition coefficient (Wildman–Crippen LogP) is 3.01. The van der Waals surface area contributed by atoms with Crippen LogP contribution in [0.4, 0.5) is 0 Å². The van der Waals surface area contributed by atoms with Crippen LogP contribution in [-0.4, -0.2) is 29.8 Å². The van der Waals surface area contributed by atoms with Crippen LogP contribution in [-0.2, 0) is 4.79 Å². The molecule has 0 aromatic heterocycles. The fraction of sp³-hybridized carbons (Fsp3) is 0.923. The Balaban J connectivity index is 2.42. The van der Waals surface area contributed by atoms with E-state index >= 15 is 0 Å². The van der Waals surface area contributed by atoms with Crippen molar-refractivity contribution in [2.24, 2.45) is 0 Å². The van der Waals surface area contributed by atoms with Crippen LogP contribution in [0.25, 0.3) is 0 Å². The molecule has 0 N–H and O–H groups in total. The Kier molecular flexibility index (Phi) is 5.30. The number of rotatable bonds is 4. The van der Waals surface area contributed by atoms with Gasteiger partial charge in [0.15, 0.2) is 0 Å². The van der Waals surface area contributed by atoms with Crippen molar-refractivity contribution in [2.75, 3.05) is 7.05 Å². The molecule has 1 saturated carbocycles. The molecule has 0 bridgehead atoms. The van der Waals surface area contributed by atoms with E-state index in [1.165, 1.54) is 38.5 Å². The smallest absolute Gasteiger partial charge is 0.131 e. The summed E-state index contributed by atoms with van der Waals surface area (Å²) in [7, 11) is 2.18. The summed E-state index contributed by atoms with van der Waals surface area (Å²) in [6.07, 6.45) is 8.85. The summed E-state index contributed by atoms with van der Waals surface area (Å²) in [4.78, 5) is 13.5. The van der Waals surface area contributed by atoms with Gasteiger partial charge in [0.2, 0.25) is 0 Å². The topological polar surface area (TPSA) is 20.3 Å². The van der Waals surface area contributed by atoms with Crippen molar-refractivity contribution in [3.05, 3.63) is 0 Å². The van der Waals surface area contributed by atoms with Crippen molar-refractivity contribution in [1.29, 1.82) is 0 Å². The molecule has 1 fully saturated rings. The molecule has 0 radical (unpaired) electrons. The molecule has 1 aliphatic carbocycles. The molecule has 0 heterocycles. The number of hydrogen-bond donors (Lipinski definition) is 0. The average molecular weight is 211 g/mol. The van der Waals surface area contributed by atoms with Gasteiger partial charge in [-0.25, -0.2) is 0 Å². The second-order valence-corrected chi connectivity index (χ2v) is 5.07. The van der Waals surface area contributed by atoms with Crippen LogP contribution >= 0.6 is 0 Å². The van der Waals surface area contributed by atoms with Crippen LogP contribution < -0.4 is 0 Å². The minimum absolute atomic E-state index is 0.308. The number of nitrogens with zero attached hydrogens (tertiary/aromatic N) is 1. The van der Waals surface area contributed by atoms with E-state index in [0.717, 1.165) is 0 Å². The molecule has 88 valence electrons. The maximum absolute atomic E-state index is 11.1. The zero-order valence-corrected chi connectivity index (χ0v) is 10.5. The molecular formula is C13H25NO. The Morgan fingerprint density at radius 1 is 1.27 bits per heavy atom. The summed E-state index contributed by atoms with van der Waals surface area (Å²) in [6, 6.07) is 1.12. The van der Waals surface area contributed by atoms with Gasteiger partial charge in [0.25, 0.3) is 0 Å². The van der Waals surface area contributed by atoms with Gasteiger partial charge in [0, 0.05) is 18.5 Å². The summed E-state index contributed by atoms with van der Waals surface area (Å²) < 4.78 is 0. The van der Waals surface area contributed by atoms with E-state index in [4.69, 9.17) is 0 Å². The average Bonchev–Trinajstić information content (AvgIpc) is 2.43. The molecule has 0 saturated heterocycles.